The predicted molar refractivity (Wildman–Crippen MR) is 118 cm³/mol. The highest BCUT2D eigenvalue weighted by Gasteiger charge is 2.56. The molecule has 0 radical (unpaired) electrons. The molecule has 1 spiro atoms. The van der Waals surface area contributed by atoms with Gasteiger partial charge < -0.3 is 14.5 Å². The van der Waals surface area contributed by atoms with Gasteiger partial charge in [0.15, 0.2) is 17.4 Å². The molecule has 0 N–H and O–H groups in total. The molecule has 5 aliphatic rings. The number of benzene rings is 1. The van der Waals surface area contributed by atoms with E-state index in [0.29, 0.717) is 23.8 Å². The normalized spacial score (nSPS) is 29.8. The Kier molecular flexibility index (Phi) is 4.49. The van der Waals surface area contributed by atoms with E-state index in [2.05, 4.69) is 10.1 Å². The summed E-state index contributed by atoms with van der Waals surface area (Å²) in [4.78, 5) is 21.5. The van der Waals surface area contributed by atoms with Crippen LogP contribution < -0.4 is 4.74 Å². The number of hydrogen-bond acceptors (Lipinski definition) is 4. The molecule has 1 unspecified atom stereocenters. The number of hydrogen-bond donors (Lipinski definition) is 0. The van der Waals surface area contributed by atoms with Crippen LogP contribution in [0.3, 0.4) is 0 Å². The van der Waals surface area contributed by atoms with Crippen LogP contribution in [-0.4, -0.2) is 62.9 Å². The van der Waals surface area contributed by atoms with Crippen molar-refractivity contribution in [2.24, 2.45) is 17.3 Å². The number of halogens is 2. The molecule has 2 saturated heterocycles. The van der Waals surface area contributed by atoms with Gasteiger partial charge in [0.25, 0.3) is 0 Å². The molecular weight excluding hydrogens is 440 g/mol. The monoisotopic (exact) mass is 469 g/mol. The number of carbonyl (C=O) groups excluding carboxylic acids is 1. The van der Waals surface area contributed by atoms with E-state index in [-0.39, 0.29) is 23.3 Å². The molecule has 2 aliphatic heterocycles. The van der Waals surface area contributed by atoms with Gasteiger partial charge in [0.05, 0.1) is 12.1 Å². The van der Waals surface area contributed by atoms with E-state index in [4.69, 9.17) is 4.74 Å². The first-order valence-electron chi connectivity index (χ1n) is 12.5. The Morgan fingerprint density at radius 2 is 1.79 bits per heavy atom. The lowest BCUT2D eigenvalue weighted by Crippen LogP contribution is -2.65. The summed E-state index contributed by atoms with van der Waals surface area (Å²) in [6.45, 7) is 3.16. The number of carbonyl (C=O) groups is 1. The second kappa shape index (κ2) is 7.39. The average molecular weight is 470 g/mol. The van der Waals surface area contributed by atoms with Crippen LogP contribution in [0.1, 0.15) is 56.3 Å². The Labute approximate surface area is 197 Å². The van der Waals surface area contributed by atoms with Gasteiger partial charge in [0.1, 0.15) is 12.1 Å². The Bertz CT molecular complexity index is 1110. The lowest BCUT2D eigenvalue weighted by atomic mass is 9.61. The summed E-state index contributed by atoms with van der Waals surface area (Å²) >= 11 is 0. The number of urea groups is 1. The summed E-state index contributed by atoms with van der Waals surface area (Å²) in [5.41, 5.74) is 0.264. The molecule has 9 heteroatoms. The summed E-state index contributed by atoms with van der Waals surface area (Å²) in [6.07, 6.45) is 8.00. The number of rotatable bonds is 4. The van der Waals surface area contributed by atoms with Gasteiger partial charge >= 0.3 is 6.03 Å². The zero-order valence-corrected chi connectivity index (χ0v) is 19.1. The maximum atomic E-state index is 13.9. The lowest BCUT2D eigenvalue weighted by Gasteiger charge is -2.59. The Morgan fingerprint density at radius 1 is 1.06 bits per heavy atom. The number of aromatic nitrogens is 3. The molecule has 7 nitrogen and oxygen atoms in total. The van der Waals surface area contributed by atoms with Crippen molar-refractivity contribution < 1.29 is 18.3 Å². The van der Waals surface area contributed by atoms with Gasteiger partial charge in [-0.2, -0.15) is 5.10 Å². The summed E-state index contributed by atoms with van der Waals surface area (Å²) in [5, 5.41) is 4.68. The Hall–Kier alpha value is -2.71. The maximum Gasteiger partial charge on any atom is 0.320 e. The maximum absolute atomic E-state index is 13.9. The number of likely N-dealkylation sites (tertiary alicyclic amines) is 2. The van der Waals surface area contributed by atoms with Gasteiger partial charge in [0.2, 0.25) is 0 Å². The highest BCUT2D eigenvalue weighted by atomic mass is 19.1. The Balaban J connectivity index is 0.884. The highest BCUT2D eigenvalue weighted by Crippen LogP contribution is 2.54. The van der Waals surface area contributed by atoms with Gasteiger partial charge in [-0.05, 0) is 62.5 Å². The largest absolute Gasteiger partial charge is 0.487 e. The molecule has 1 aromatic carbocycles. The fourth-order valence-corrected chi connectivity index (χ4v) is 6.72. The van der Waals surface area contributed by atoms with E-state index in [1.165, 1.54) is 25.0 Å². The van der Waals surface area contributed by atoms with Crippen molar-refractivity contribution in [1.29, 1.82) is 0 Å². The number of nitrogens with zero attached hydrogens (tertiary/aromatic N) is 5. The molecule has 3 saturated carbocycles. The third-order valence-corrected chi connectivity index (χ3v) is 8.67. The number of amides is 2. The van der Waals surface area contributed by atoms with Gasteiger partial charge in [-0.3, -0.25) is 0 Å². The predicted octanol–water partition coefficient (Wildman–Crippen LogP) is 3.98. The van der Waals surface area contributed by atoms with E-state index >= 15 is 0 Å². The first-order valence-corrected chi connectivity index (χ1v) is 12.5. The van der Waals surface area contributed by atoms with Crippen molar-refractivity contribution in [3.05, 3.63) is 42.0 Å². The minimum absolute atomic E-state index is 0.0800. The van der Waals surface area contributed by atoms with Gasteiger partial charge in [0, 0.05) is 43.6 Å². The van der Waals surface area contributed by atoms with Gasteiger partial charge in [-0.25, -0.2) is 23.2 Å². The quantitative estimate of drug-likeness (QED) is 0.680. The third-order valence-electron chi connectivity index (χ3n) is 8.67. The molecule has 3 aliphatic carbocycles. The van der Waals surface area contributed by atoms with Crippen LogP contribution in [0.4, 0.5) is 13.6 Å². The summed E-state index contributed by atoms with van der Waals surface area (Å²) in [6, 6.07) is 4.01. The van der Waals surface area contributed by atoms with Crippen molar-refractivity contribution in [3.63, 3.8) is 0 Å². The van der Waals surface area contributed by atoms with Crippen LogP contribution in [0.25, 0.3) is 0 Å². The van der Waals surface area contributed by atoms with Crippen molar-refractivity contribution in [1.82, 2.24) is 24.6 Å². The summed E-state index contributed by atoms with van der Waals surface area (Å²) in [5.74, 6) is 1.19. The minimum atomic E-state index is -0.661. The summed E-state index contributed by atoms with van der Waals surface area (Å²) < 4.78 is 34.9. The van der Waals surface area contributed by atoms with E-state index in [1.54, 1.807) is 0 Å². The fraction of sp³-hybridized carbons (Fsp3) is 0.640. The van der Waals surface area contributed by atoms with Crippen LogP contribution >= 0.6 is 0 Å². The SMILES string of the molecule is O=C(N1C[C@H]2CC(Oc3ccc(F)cc3F)C[C@H]2C1)N1CC2(CC(n3cnc(C4CC4)n3)C2)C1. The topological polar surface area (TPSA) is 63.5 Å². The van der Waals surface area contributed by atoms with E-state index in [1.807, 2.05) is 20.8 Å². The zero-order valence-electron chi connectivity index (χ0n) is 19.1. The molecular formula is C25H29F2N5O2. The fourth-order valence-electron chi connectivity index (χ4n) is 6.72. The van der Waals surface area contributed by atoms with Crippen LogP contribution in [-0.2, 0) is 0 Å². The molecule has 2 amide bonds. The first kappa shape index (κ1) is 20.6. The van der Waals surface area contributed by atoms with Crippen molar-refractivity contribution in [2.45, 2.75) is 56.6 Å². The highest BCUT2D eigenvalue weighted by molar-refractivity contribution is 5.76. The second-order valence-corrected chi connectivity index (χ2v) is 11.3. The molecule has 3 heterocycles. The van der Waals surface area contributed by atoms with E-state index in [9.17, 15) is 13.6 Å². The molecule has 180 valence electrons. The molecule has 1 aromatic heterocycles. The number of ether oxygens (including phenoxy) is 1. The van der Waals surface area contributed by atoms with Crippen LogP contribution in [0.15, 0.2) is 24.5 Å². The molecule has 7 rings (SSSR count). The van der Waals surface area contributed by atoms with E-state index < -0.39 is 11.6 Å². The van der Waals surface area contributed by atoms with Crippen LogP contribution in [0.5, 0.6) is 5.75 Å². The molecule has 0 bridgehead atoms. The van der Waals surface area contributed by atoms with E-state index in [0.717, 1.165) is 63.8 Å². The van der Waals surface area contributed by atoms with Gasteiger partial charge in [-0.15, -0.1) is 0 Å². The Morgan fingerprint density at radius 3 is 2.47 bits per heavy atom. The smallest absolute Gasteiger partial charge is 0.320 e. The van der Waals surface area contributed by atoms with Crippen LogP contribution in [0, 0.1) is 28.9 Å². The number of fused-ring (bicyclic) bond motifs is 1. The lowest BCUT2D eigenvalue weighted by molar-refractivity contribution is -0.0735. The third kappa shape index (κ3) is 3.46. The average Bonchev–Trinajstić information content (AvgIpc) is 3.17. The molecule has 3 atom stereocenters. The van der Waals surface area contributed by atoms with Crippen molar-refractivity contribution >= 4 is 6.03 Å². The minimum Gasteiger partial charge on any atom is -0.487 e. The van der Waals surface area contributed by atoms with Crippen LogP contribution in [0.2, 0.25) is 0 Å². The molecule has 34 heavy (non-hydrogen) atoms. The van der Waals surface area contributed by atoms with Crippen molar-refractivity contribution in [3.8, 4) is 5.75 Å². The van der Waals surface area contributed by atoms with Crippen molar-refractivity contribution in [2.75, 3.05) is 26.2 Å². The van der Waals surface area contributed by atoms with Gasteiger partial charge in [-0.1, -0.05) is 0 Å². The standard InChI is InChI=1S/C25H29F2N5O2/c26-18-3-4-22(21(27)7-18)34-20-5-16-10-30(11-17(16)6-20)24(33)31-12-25(13-31)8-19(9-25)32-14-28-23(29-32)15-1-2-15/h3-4,7,14-17,19-20H,1-2,5-6,8-13H2/t16-,17+,20?. The molecule has 2 aromatic rings. The zero-order chi connectivity index (χ0) is 23.0. The molecule has 5 fully saturated rings. The summed E-state index contributed by atoms with van der Waals surface area (Å²) in [7, 11) is 0. The second-order valence-electron chi connectivity index (χ2n) is 11.3. The first-order chi connectivity index (χ1) is 16.4.